The maximum atomic E-state index is 13.1. The molecule has 1 aliphatic heterocycles. The Hall–Kier alpha value is -3.76. The molecule has 0 fully saturated rings. The molecule has 1 unspecified atom stereocenters. The van der Waals surface area contributed by atoms with Crippen molar-refractivity contribution in [2.75, 3.05) is 19.5 Å². The average Bonchev–Trinajstić information content (AvgIpc) is 2.93. The van der Waals surface area contributed by atoms with Gasteiger partial charge in [-0.25, -0.2) is 9.59 Å². The van der Waals surface area contributed by atoms with Crippen molar-refractivity contribution in [1.29, 1.82) is 0 Å². The summed E-state index contributed by atoms with van der Waals surface area (Å²) in [6.07, 6.45) is 1.34. The monoisotopic (exact) mass is 569 g/mol. The highest BCUT2D eigenvalue weighted by Crippen LogP contribution is 2.33. The van der Waals surface area contributed by atoms with Crippen LogP contribution in [-0.2, 0) is 20.9 Å². The number of rotatable bonds is 9. The maximum absolute atomic E-state index is 13.1. The minimum absolute atomic E-state index is 0.0564. The first-order valence-electron chi connectivity index (χ1n) is 12.8. The number of aliphatic hydroxyl groups is 1. The van der Waals surface area contributed by atoms with Gasteiger partial charge in [0.25, 0.3) is 0 Å². The number of ether oxygens (including phenoxy) is 3. The van der Waals surface area contributed by atoms with Crippen LogP contribution in [0, 0.1) is 0 Å². The maximum Gasteiger partial charge on any atom is 0.355 e. The molecule has 10 heteroatoms. The molecule has 0 spiro atoms. The van der Waals surface area contributed by atoms with E-state index >= 15 is 0 Å². The second kappa shape index (κ2) is 14.0. The lowest BCUT2D eigenvalue weighted by Crippen LogP contribution is -2.40. The third-order valence-corrected chi connectivity index (χ3v) is 7.01. The first kappa shape index (κ1) is 30.8. The Morgan fingerprint density at radius 2 is 1.75 bits per heavy atom. The van der Waals surface area contributed by atoms with Crippen molar-refractivity contribution in [1.82, 2.24) is 4.90 Å². The number of esters is 1. The summed E-state index contributed by atoms with van der Waals surface area (Å²) in [6.45, 7) is 7.32. The Bertz CT molecular complexity index is 1390. The number of benzene rings is 2. The summed E-state index contributed by atoms with van der Waals surface area (Å²) in [4.78, 5) is 38.0. The lowest BCUT2D eigenvalue weighted by molar-refractivity contribution is -0.144. The van der Waals surface area contributed by atoms with Crippen molar-refractivity contribution in [3.63, 3.8) is 0 Å². The lowest BCUT2D eigenvalue weighted by atomic mass is 10.2. The van der Waals surface area contributed by atoms with E-state index in [9.17, 15) is 14.4 Å². The number of hydrogen-bond donors (Lipinski definition) is 1. The number of nitrogens with zero attached hydrogens (tertiary/aromatic N) is 1. The van der Waals surface area contributed by atoms with E-state index in [1.165, 1.54) is 11.0 Å². The number of methoxy groups -OCH3 is 1. The van der Waals surface area contributed by atoms with Crippen molar-refractivity contribution < 1.29 is 33.3 Å². The molecule has 1 N–H and O–H groups in total. The Balaban J connectivity index is 0.000000810. The van der Waals surface area contributed by atoms with Gasteiger partial charge in [-0.15, -0.1) is 11.8 Å². The topological polar surface area (TPSA) is 116 Å². The van der Waals surface area contributed by atoms with E-state index in [0.717, 1.165) is 10.9 Å². The quantitative estimate of drug-likeness (QED) is 0.218. The fourth-order valence-corrected chi connectivity index (χ4v) is 4.87. The van der Waals surface area contributed by atoms with Crippen molar-refractivity contribution >= 4 is 35.1 Å². The van der Waals surface area contributed by atoms with Gasteiger partial charge in [0.1, 0.15) is 36.0 Å². The Morgan fingerprint density at radius 3 is 2.38 bits per heavy atom. The minimum atomic E-state index is -0.588. The summed E-state index contributed by atoms with van der Waals surface area (Å²) in [7, 11) is 1.58. The standard InChI is InChI=1S/C26H25NO7S.C4H10O/c1-3-23-27(16-28)25(26(30)33-13-17-4-8-20(31-2)9-5-17)19(15-35-23)14-32-21-10-6-18-7-11-24(29)34-22(18)12-21;1-4(2,3)5/h4-12,16,23H,3,13-15H2,1-2H3;5H,1-3H3. The average molecular weight is 570 g/mol. The second-order valence-electron chi connectivity index (χ2n) is 9.98. The van der Waals surface area contributed by atoms with Crippen LogP contribution in [0.1, 0.15) is 39.7 Å². The highest BCUT2D eigenvalue weighted by Gasteiger charge is 2.33. The molecule has 1 aromatic heterocycles. The van der Waals surface area contributed by atoms with E-state index in [1.807, 2.05) is 19.1 Å². The van der Waals surface area contributed by atoms with Gasteiger partial charge in [0.15, 0.2) is 0 Å². The van der Waals surface area contributed by atoms with E-state index in [1.54, 1.807) is 76.0 Å². The van der Waals surface area contributed by atoms with Gasteiger partial charge in [0.2, 0.25) is 6.41 Å². The van der Waals surface area contributed by atoms with Gasteiger partial charge in [-0.1, -0.05) is 19.1 Å². The fraction of sp³-hybridized carbons (Fsp3) is 0.367. The predicted octanol–water partition coefficient (Wildman–Crippen LogP) is 4.90. The van der Waals surface area contributed by atoms with Crippen LogP contribution in [0.2, 0.25) is 0 Å². The van der Waals surface area contributed by atoms with E-state index in [0.29, 0.717) is 41.2 Å². The zero-order chi connectivity index (χ0) is 29.3. The number of hydrogen-bond acceptors (Lipinski definition) is 9. The van der Waals surface area contributed by atoms with E-state index in [2.05, 4.69) is 0 Å². The van der Waals surface area contributed by atoms with Gasteiger partial charge in [-0.3, -0.25) is 9.69 Å². The van der Waals surface area contributed by atoms with E-state index in [4.69, 9.17) is 23.7 Å². The van der Waals surface area contributed by atoms with Crippen LogP contribution in [0.4, 0.5) is 0 Å². The van der Waals surface area contributed by atoms with Gasteiger partial charge in [-0.05, 0) is 63.1 Å². The van der Waals surface area contributed by atoms with Crippen LogP contribution < -0.4 is 15.1 Å². The molecule has 4 rings (SSSR count). The molecule has 0 radical (unpaired) electrons. The molecule has 2 heterocycles. The fourth-order valence-electron chi connectivity index (χ4n) is 3.71. The number of carbonyl (C=O) groups excluding carboxylic acids is 2. The first-order valence-corrected chi connectivity index (χ1v) is 13.8. The smallest absolute Gasteiger partial charge is 0.355 e. The van der Waals surface area contributed by atoms with Gasteiger partial charge < -0.3 is 23.7 Å². The zero-order valence-electron chi connectivity index (χ0n) is 23.3. The SMILES string of the molecule is CC(C)(C)O.CCC1SCC(COc2ccc3ccc(=O)oc3c2)=C(C(=O)OCc2ccc(OC)cc2)N1C=O. The van der Waals surface area contributed by atoms with Gasteiger partial charge in [0, 0.05) is 28.8 Å². The molecule has 0 aliphatic carbocycles. The number of fused-ring (bicyclic) bond motifs is 1. The first-order chi connectivity index (χ1) is 19.0. The minimum Gasteiger partial charge on any atom is -0.497 e. The zero-order valence-corrected chi connectivity index (χ0v) is 24.2. The molecule has 1 atom stereocenters. The molecular weight excluding hydrogens is 534 g/mol. The third kappa shape index (κ3) is 8.89. The second-order valence-corrected chi connectivity index (χ2v) is 11.1. The molecule has 9 nitrogen and oxygen atoms in total. The molecule has 0 saturated carbocycles. The Labute approximate surface area is 237 Å². The molecule has 0 bridgehead atoms. The summed E-state index contributed by atoms with van der Waals surface area (Å²) in [6, 6.07) is 15.4. The van der Waals surface area contributed by atoms with Crippen molar-refractivity contribution in [2.45, 2.75) is 51.7 Å². The Kier molecular flexibility index (Phi) is 10.8. The number of carbonyl (C=O) groups is 2. The van der Waals surface area contributed by atoms with Crippen molar-refractivity contribution in [3.05, 3.63) is 81.9 Å². The van der Waals surface area contributed by atoms with Crippen molar-refractivity contribution in [2.24, 2.45) is 0 Å². The molecule has 0 saturated heterocycles. The molecule has 214 valence electrons. The highest BCUT2D eigenvalue weighted by atomic mass is 32.2. The third-order valence-electron chi connectivity index (χ3n) is 5.55. The van der Waals surface area contributed by atoms with Crippen LogP contribution in [0.5, 0.6) is 11.5 Å². The molecular formula is C30H35NO8S. The van der Waals surface area contributed by atoms with Gasteiger partial charge in [-0.2, -0.15) is 0 Å². The van der Waals surface area contributed by atoms with E-state index < -0.39 is 17.2 Å². The summed E-state index contributed by atoms with van der Waals surface area (Å²) in [5, 5.41) is 9.12. The molecule has 2 aromatic carbocycles. The van der Waals surface area contributed by atoms with Crippen LogP contribution in [-0.4, -0.2) is 52.8 Å². The summed E-state index contributed by atoms with van der Waals surface area (Å²) in [5.74, 6) is 1.11. The van der Waals surface area contributed by atoms with Gasteiger partial charge in [0.05, 0.1) is 18.1 Å². The predicted molar refractivity (Wildman–Crippen MR) is 154 cm³/mol. The largest absolute Gasteiger partial charge is 0.497 e. The normalized spacial score (nSPS) is 15.2. The van der Waals surface area contributed by atoms with Crippen LogP contribution in [0.3, 0.4) is 0 Å². The highest BCUT2D eigenvalue weighted by molar-refractivity contribution is 8.00. The van der Waals surface area contributed by atoms with Crippen molar-refractivity contribution in [3.8, 4) is 11.5 Å². The van der Waals surface area contributed by atoms with Crippen LogP contribution in [0.15, 0.2) is 75.1 Å². The molecule has 40 heavy (non-hydrogen) atoms. The van der Waals surface area contributed by atoms with Crippen LogP contribution >= 0.6 is 11.8 Å². The Morgan fingerprint density at radius 1 is 1.10 bits per heavy atom. The van der Waals surface area contributed by atoms with Gasteiger partial charge >= 0.3 is 11.6 Å². The summed E-state index contributed by atoms with van der Waals surface area (Å²) in [5.41, 5.74) is 1.09. The number of thioether (sulfide) groups is 1. The molecule has 3 aromatic rings. The summed E-state index contributed by atoms with van der Waals surface area (Å²) < 4.78 is 21.9. The van der Waals surface area contributed by atoms with Crippen LogP contribution in [0.25, 0.3) is 11.0 Å². The molecule has 1 aliphatic rings. The number of amides is 1. The summed E-state index contributed by atoms with van der Waals surface area (Å²) >= 11 is 1.56. The molecule has 1 amide bonds. The van der Waals surface area contributed by atoms with E-state index in [-0.39, 0.29) is 24.3 Å². The lowest BCUT2D eigenvalue weighted by Gasteiger charge is -2.34.